The highest BCUT2D eigenvalue weighted by atomic mass is 16.4. The summed E-state index contributed by atoms with van der Waals surface area (Å²) in [6, 6.07) is 7.33. The fraction of sp³-hybridized carbons (Fsp3) is 0.385. The predicted molar refractivity (Wildman–Crippen MR) is 59.0 cm³/mol. The second-order valence-electron chi connectivity index (χ2n) is 3.74. The van der Waals surface area contributed by atoms with Gasteiger partial charge in [0, 0.05) is 18.0 Å². The van der Waals surface area contributed by atoms with Crippen LogP contribution in [0.5, 0.6) is 0 Å². The molecule has 3 nitrogen and oxygen atoms in total. The number of Topliss-reactive ketones (excluding diaryl/α,β-unsaturated/α-hetero) is 1. The van der Waals surface area contributed by atoms with Crippen molar-refractivity contribution in [2.45, 2.75) is 32.6 Å². The molecule has 0 aliphatic heterocycles. The topological polar surface area (TPSA) is 57.2 Å². The molecule has 16 heavy (non-hydrogen) atoms. The first kappa shape index (κ1) is 12.4. The highest BCUT2D eigenvalue weighted by molar-refractivity contribution is 5.97. The summed E-state index contributed by atoms with van der Waals surface area (Å²) in [6.45, 7) is 2.10. The largest absolute Gasteiger partial charge is 0.550 e. The smallest absolute Gasteiger partial charge is 0.163 e. The Labute approximate surface area is 95.1 Å². The third kappa shape index (κ3) is 3.85. The van der Waals surface area contributed by atoms with Crippen LogP contribution in [0.3, 0.4) is 0 Å². The molecule has 1 aromatic carbocycles. The van der Waals surface area contributed by atoms with Crippen molar-refractivity contribution in [3.05, 3.63) is 35.4 Å². The molecule has 1 rings (SSSR count). The highest BCUT2D eigenvalue weighted by Gasteiger charge is 2.05. The van der Waals surface area contributed by atoms with Crippen molar-refractivity contribution in [1.29, 1.82) is 0 Å². The molecule has 0 bridgehead atoms. The van der Waals surface area contributed by atoms with Gasteiger partial charge in [0.15, 0.2) is 5.78 Å². The van der Waals surface area contributed by atoms with Crippen LogP contribution in [-0.2, 0) is 11.2 Å². The molecule has 0 spiro atoms. The number of carboxylic acids is 1. The van der Waals surface area contributed by atoms with E-state index in [4.69, 9.17) is 0 Å². The fourth-order valence-corrected chi connectivity index (χ4v) is 1.51. The van der Waals surface area contributed by atoms with Crippen LogP contribution in [0.4, 0.5) is 0 Å². The summed E-state index contributed by atoms with van der Waals surface area (Å²) in [6.07, 6.45) is 1.86. The monoisotopic (exact) mass is 219 g/mol. The predicted octanol–water partition coefficient (Wildman–Crippen LogP) is 1.35. The quantitative estimate of drug-likeness (QED) is 0.678. The minimum absolute atomic E-state index is 0.00938. The standard InChI is InChI=1S/C13H16O3/c1-2-3-10-4-6-11(7-5-10)12(14)8-9-13(15)16/h4-7H,2-3,8-9H2,1H3,(H,15,16)/p-1. The third-order valence-corrected chi connectivity index (χ3v) is 2.37. The van der Waals surface area contributed by atoms with E-state index < -0.39 is 5.97 Å². The Morgan fingerprint density at radius 2 is 1.75 bits per heavy atom. The number of ketones is 1. The first-order valence-electron chi connectivity index (χ1n) is 5.45. The van der Waals surface area contributed by atoms with Gasteiger partial charge >= 0.3 is 0 Å². The number of hydrogen-bond acceptors (Lipinski definition) is 3. The van der Waals surface area contributed by atoms with Crippen LogP contribution in [0.25, 0.3) is 0 Å². The Morgan fingerprint density at radius 3 is 2.25 bits per heavy atom. The highest BCUT2D eigenvalue weighted by Crippen LogP contribution is 2.09. The maximum Gasteiger partial charge on any atom is 0.163 e. The summed E-state index contributed by atoms with van der Waals surface area (Å²) in [5.41, 5.74) is 1.76. The maximum atomic E-state index is 11.5. The van der Waals surface area contributed by atoms with E-state index in [0.717, 1.165) is 12.8 Å². The van der Waals surface area contributed by atoms with Gasteiger partial charge in [0.25, 0.3) is 0 Å². The summed E-state index contributed by atoms with van der Waals surface area (Å²) in [5.74, 6) is -1.33. The minimum atomic E-state index is -1.18. The Bertz CT molecular complexity index is 365. The van der Waals surface area contributed by atoms with Crippen LogP contribution in [0.2, 0.25) is 0 Å². The first-order chi connectivity index (χ1) is 7.63. The molecular formula is C13H15O3-. The lowest BCUT2D eigenvalue weighted by Crippen LogP contribution is -2.22. The average molecular weight is 219 g/mol. The van der Waals surface area contributed by atoms with Gasteiger partial charge in [-0.05, 0) is 18.4 Å². The molecule has 0 N–H and O–H groups in total. The molecular weight excluding hydrogens is 204 g/mol. The number of carboxylic acid groups (broad SMARTS) is 1. The summed E-state index contributed by atoms with van der Waals surface area (Å²) in [5, 5.41) is 10.2. The molecule has 0 fully saturated rings. The van der Waals surface area contributed by atoms with Gasteiger partial charge in [-0.25, -0.2) is 0 Å². The summed E-state index contributed by atoms with van der Waals surface area (Å²) in [4.78, 5) is 21.7. The van der Waals surface area contributed by atoms with E-state index >= 15 is 0 Å². The molecule has 0 atom stereocenters. The van der Waals surface area contributed by atoms with Gasteiger partial charge in [-0.2, -0.15) is 0 Å². The SMILES string of the molecule is CCCc1ccc(C(=O)CCC(=O)[O-])cc1. The van der Waals surface area contributed by atoms with Crippen molar-refractivity contribution in [3.63, 3.8) is 0 Å². The Hall–Kier alpha value is -1.64. The molecule has 0 saturated heterocycles. The van der Waals surface area contributed by atoms with E-state index in [2.05, 4.69) is 6.92 Å². The van der Waals surface area contributed by atoms with Crippen molar-refractivity contribution >= 4 is 11.8 Å². The molecule has 0 heterocycles. The molecule has 3 heteroatoms. The Morgan fingerprint density at radius 1 is 1.12 bits per heavy atom. The second-order valence-corrected chi connectivity index (χ2v) is 3.74. The number of hydrogen-bond donors (Lipinski definition) is 0. The van der Waals surface area contributed by atoms with Crippen molar-refractivity contribution in [3.8, 4) is 0 Å². The molecule has 0 aromatic heterocycles. The van der Waals surface area contributed by atoms with Gasteiger partial charge in [0.2, 0.25) is 0 Å². The van der Waals surface area contributed by atoms with Crippen molar-refractivity contribution in [2.24, 2.45) is 0 Å². The number of rotatable bonds is 6. The molecule has 1 aromatic rings. The number of aryl methyl sites for hydroxylation is 1. The fourth-order valence-electron chi connectivity index (χ4n) is 1.51. The van der Waals surface area contributed by atoms with Gasteiger partial charge in [-0.3, -0.25) is 4.79 Å². The minimum Gasteiger partial charge on any atom is -0.550 e. The van der Waals surface area contributed by atoms with Crippen LogP contribution in [0.15, 0.2) is 24.3 Å². The van der Waals surface area contributed by atoms with Gasteiger partial charge < -0.3 is 9.90 Å². The maximum absolute atomic E-state index is 11.5. The molecule has 0 unspecified atom stereocenters. The van der Waals surface area contributed by atoms with Crippen LogP contribution >= 0.6 is 0 Å². The first-order valence-corrected chi connectivity index (χ1v) is 5.45. The molecule has 0 aliphatic rings. The molecule has 0 saturated carbocycles. The normalized spacial score (nSPS) is 10.1. The van der Waals surface area contributed by atoms with Crippen molar-refractivity contribution < 1.29 is 14.7 Å². The number of carbonyl (C=O) groups is 2. The summed E-state index contributed by atoms with van der Waals surface area (Å²) < 4.78 is 0. The van der Waals surface area contributed by atoms with E-state index in [1.54, 1.807) is 12.1 Å². The summed E-state index contributed by atoms with van der Waals surface area (Å²) >= 11 is 0. The lowest BCUT2D eigenvalue weighted by molar-refractivity contribution is -0.305. The zero-order chi connectivity index (χ0) is 12.0. The number of benzene rings is 1. The van der Waals surface area contributed by atoms with Crippen LogP contribution in [0.1, 0.15) is 42.1 Å². The Kier molecular flexibility index (Phi) is 4.70. The number of carbonyl (C=O) groups excluding carboxylic acids is 2. The van der Waals surface area contributed by atoms with Crippen LogP contribution < -0.4 is 5.11 Å². The van der Waals surface area contributed by atoms with Gasteiger partial charge in [0.05, 0.1) is 0 Å². The van der Waals surface area contributed by atoms with Gasteiger partial charge in [0.1, 0.15) is 0 Å². The van der Waals surface area contributed by atoms with Crippen LogP contribution in [-0.4, -0.2) is 11.8 Å². The zero-order valence-electron chi connectivity index (χ0n) is 9.36. The zero-order valence-corrected chi connectivity index (χ0v) is 9.36. The van der Waals surface area contributed by atoms with Gasteiger partial charge in [-0.1, -0.05) is 37.6 Å². The van der Waals surface area contributed by atoms with Crippen molar-refractivity contribution in [1.82, 2.24) is 0 Å². The molecule has 0 aliphatic carbocycles. The van der Waals surface area contributed by atoms with E-state index in [1.165, 1.54) is 5.56 Å². The average Bonchev–Trinajstić information content (AvgIpc) is 2.27. The Balaban J connectivity index is 2.59. The van der Waals surface area contributed by atoms with E-state index in [-0.39, 0.29) is 18.6 Å². The third-order valence-electron chi connectivity index (χ3n) is 2.37. The van der Waals surface area contributed by atoms with Gasteiger partial charge in [-0.15, -0.1) is 0 Å². The van der Waals surface area contributed by atoms with Crippen molar-refractivity contribution in [2.75, 3.05) is 0 Å². The molecule has 0 radical (unpaired) electrons. The van der Waals surface area contributed by atoms with E-state index in [0.29, 0.717) is 5.56 Å². The number of aliphatic carboxylic acids is 1. The lowest BCUT2D eigenvalue weighted by Gasteiger charge is -2.03. The molecule has 86 valence electrons. The second kappa shape index (κ2) is 6.05. The van der Waals surface area contributed by atoms with Crippen LogP contribution in [0, 0.1) is 0 Å². The molecule has 0 amide bonds. The lowest BCUT2D eigenvalue weighted by atomic mass is 10.0. The summed E-state index contributed by atoms with van der Waals surface area (Å²) in [7, 11) is 0. The van der Waals surface area contributed by atoms with E-state index in [9.17, 15) is 14.7 Å². The van der Waals surface area contributed by atoms with E-state index in [1.807, 2.05) is 12.1 Å².